The van der Waals surface area contributed by atoms with Crippen molar-refractivity contribution < 1.29 is 4.74 Å². The van der Waals surface area contributed by atoms with Gasteiger partial charge in [-0.15, -0.1) is 0 Å². The number of fused-ring (bicyclic) bond motifs is 1. The number of thiophene rings is 1. The molecule has 0 unspecified atom stereocenters. The molecule has 0 saturated carbocycles. The second kappa shape index (κ2) is 5.74. The van der Waals surface area contributed by atoms with Crippen LogP contribution in [0.1, 0.15) is 0 Å². The predicted octanol–water partition coefficient (Wildman–Crippen LogP) is 5.05. The number of benzene rings is 2. The van der Waals surface area contributed by atoms with Crippen molar-refractivity contribution in [3.8, 4) is 22.6 Å². The molecule has 4 aromatic rings. The van der Waals surface area contributed by atoms with Crippen LogP contribution in [0.4, 0.5) is 0 Å². The summed E-state index contributed by atoms with van der Waals surface area (Å²) in [5.41, 5.74) is 2.94. The van der Waals surface area contributed by atoms with E-state index in [1.807, 2.05) is 48.5 Å². The van der Waals surface area contributed by atoms with E-state index >= 15 is 0 Å². The number of nitrogens with one attached hydrogen (secondary N) is 1. The van der Waals surface area contributed by atoms with Gasteiger partial charge in [0.05, 0.1) is 5.52 Å². The van der Waals surface area contributed by atoms with E-state index in [0.29, 0.717) is 11.5 Å². The summed E-state index contributed by atoms with van der Waals surface area (Å²) in [5, 5.41) is 5.05. The van der Waals surface area contributed by atoms with Crippen LogP contribution in [0.3, 0.4) is 0 Å². The molecule has 112 valence electrons. The summed E-state index contributed by atoms with van der Waals surface area (Å²) in [6.45, 7) is 0. The van der Waals surface area contributed by atoms with Gasteiger partial charge in [0.2, 0.25) is 0 Å². The van der Waals surface area contributed by atoms with Gasteiger partial charge < -0.3 is 9.72 Å². The summed E-state index contributed by atoms with van der Waals surface area (Å²) < 4.78 is 5.93. The van der Waals surface area contributed by atoms with Crippen LogP contribution >= 0.6 is 11.3 Å². The average molecular weight is 319 g/mol. The summed E-state index contributed by atoms with van der Waals surface area (Å²) in [6, 6.07) is 19.1. The minimum absolute atomic E-state index is 0.173. The molecule has 3 nitrogen and oxygen atoms in total. The molecule has 2 aromatic heterocycles. The number of hydrogen-bond donors (Lipinski definition) is 1. The topological polar surface area (TPSA) is 42.1 Å². The van der Waals surface area contributed by atoms with Gasteiger partial charge >= 0.3 is 0 Å². The van der Waals surface area contributed by atoms with E-state index in [1.54, 1.807) is 11.3 Å². The normalized spacial score (nSPS) is 10.8. The lowest BCUT2D eigenvalue weighted by Gasteiger charge is -2.09. The van der Waals surface area contributed by atoms with Crippen LogP contribution in [0, 0.1) is 0 Å². The first-order valence-electron chi connectivity index (χ1n) is 7.22. The van der Waals surface area contributed by atoms with Gasteiger partial charge in [-0.3, -0.25) is 4.79 Å². The zero-order valence-electron chi connectivity index (χ0n) is 12.2. The summed E-state index contributed by atoms with van der Waals surface area (Å²) in [7, 11) is 0. The number of rotatable bonds is 3. The molecule has 0 aliphatic heterocycles. The Morgan fingerprint density at radius 2 is 1.74 bits per heavy atom. The second-order valence-electron chi connectivity index (χ2n) is 5.18. The highest BCUT2D eigenvalue weighted by Crippen LogP contribution is 2.29. The van der Waals surface area contributed by atoms with Crippen molar-refractivity contribution in [3.63, 3.8) is 0 Å². The maximum Gasteiger partial charge on any atom is 0.252 e. The molecule has 4 heteroatoms. The van der Waals surface area contributed by atoms with Crippen LogP contribution < -0.4 is 10.3 Å². The Balaban J connectivity index is 1.70. The molecule has 0 saturated heterocycles. The molecule has 0 amide bonds. The third-order valence-corrected chi connectivity index (χ3v) is 4.33. The van der Waals surface area contributed by atoms with Gasteiger partial charge in [0.25, 0.3) is 5.56 Å². The first-order valence-corrected chi connectivity index (χ1v) is 8.16. The molecule has 4 rings (SSSR count). The molecule has 0 atom stereocenters. The first-order chi connectivity index (χ1) is 11.3. The Hall–Kier alpha value is -2.85. The lowest BCUT2D eigenvalue weighted by Crippen LogP contribution is -2.04. The van der Waals surface area contributed by atoms with Crippen LogP contribution in [0.25, 0.3) is 22.0 Å². The fourth-order valence-electron chi connectivity index (χ4n) is 2.53. The van der Waals surface area contributed by atoms with Gasteiger partial charge in [0, 0.05) is 11.5 Å². The Kier molecular flexibility index (Phi) is 3.44. The molecule has 0 bridgehead atoms. The Morgan fingerprint density at radius 3 is 2.52 bits per heavy atom. The van der Waals surface area contributed by atoms with Crippen LogP contribution in [0.5, 0.6) is 11.5 Å². The minimum atomic E-state index is -0.173. The zero-order valence-corrected chi connectivity index (χ0v) is 13.0. The maximum atomic E-state index is 11.8. The average Bonchev–Trinajstić information content (AvgIpc) is 3.10. The number of aromatic amines is 1. The lowest BCUT2D eigenvalue weighted by molar-refractivity contribution is 0.487. The molecular formula is C19H13NO2S. The summed E-state index contributed by atoms with van der Waals surface area (Å²) in [4.78, 5) is 14.6. The van der Waals surface area contributed by atoms with Crippen molar-refractivity contribution in [3.05, 3.63) is 81.8 Å². The quantitative estimate of drug-likeness (QED) is 0.574. The minimum Gasteiger partial charge on any atom is -0.456 e. The number of aromatic nitrogens is 1. The largest absolute Gasteiger partial charge is 0.456 e. The molecule has 23 heavy (non-hydrogen) atoms. The van der Waals surface area contributed by atoms with Crippen LogP contribution in [0.2, 0.25) is 0 Å². The van der Waals surface area contributed by atoms with E-state index in [1.165, 1.54) is 11.6 Å². The van der Waals surface area contributed by atoms with Crippen molar-refractivity contribution in [1.29, 1.82) is 0 Å². The Labute approximate surface area is 136 Å². The standard InChI is InChI=1S/C19H13NO2S/c21-19-11-18(16-3-1-2-4-17(16)20-19)22-15-7-5-13(6-8-15)14-9-10-23-12-14/h1-12H,(H,20,21). The van der Waals surface area contributed by atoms with Crippen molar-refractivity contribution in [2.45, 2.75) is 0 Å². The van der Waals surface area contributed by atoms with Crippen molar-refractivity contribution in [1.82, 2.24) is 4.98 Å². The number of para-hydroxylation sites is 1. The smallest absolute Gasteiger partial charge is 0.252 e. The highest BCUT2D eigenvalue weighted by molar-refractivity contribution is 7.08. The SMILES string of the molecule is O=c1cc(Oc2ccc(-c3ccsc3)cc2)c2ccccc2[nH]1. The molecule has 1 N–H and O–H groups in total. The van der Waals surface area contributed by atoms with Gasteiger partial charge in [0.1, 0.15) is 11.5 Å². The second-order valence-corrected chi connectivity index (χ2v) is 5.96. The molecule has 0 aliphatic carbocycles. The lowest BCUT2D eigenvalue weighted by atomic mass is 10.1. The number of ether oxygens (including phenoxy) is 1. The molecule has 0 aliphatic rings. The molecule has 2 heterocycles. The molecule has 0 spiro atoms. The van der Waals surface area contributed by atoms with Gasteiger partial charge in [-0.25, -0.2) is 0 Å². The van der Waals surface area contributed by atoms with E-state index < -0.39 is 0 Å². The van der Waals surface area contributed by atoms with E-state index in [4.69, 9.17) is 4.74 Å². The molecule has 0 fully saturated rings. The summed E-state index contributed by atoms with van der Waals surface area (Å²) in [5.74, 6) is 1.27. The van der Waals surface area contributed by atoms with Crippen LogP contribution in [-0.2, 0) is 0 Å². The number of H-pyrrole nitrogens is 1. The first kappa shape index (κ1) is 13.8. The monoisotopic (exact) mass is 319 g/mol. The van der Waals surface area contributed by atoms with Gasteiger partial charge in [0.15, 0.2) is 0 Å². The van der Waals surface area contributed by atoms with Crippen LogP contribution in [0.15, 0.2) is 76.2 Å². The van der Waals surface area contributed by atoms with E-state index in [-0.39, 0.29) is 5.56 Å². The highest BCUT2D eigenvalue weighted by Gasteiger charge is 2.06. The number of hydrogen-bond acceptors (Lipinski definition) is 3. The Bertz CT molecular complexity index is 1000. The molecule has 2 aromatic carbocycles. The van der Waals surface area contributed by atoms with Gasteiger partial charge in [-0.05, 0) is 52.2 Å². The zero-order chi connectivity index (χ0) is 15.6. The maximum absolute atomic E-state index is 11.8. The van der Waals surface area contributed by atoms with E-state index in [9.17, 15) is 4.79 Å². The fraction of sp³-hybridized carbons (Fsp3) is 0. The fourth-order valence-corrected chi connectivity index (χ4v) is 3.19. The molecule has 0 radical (unpaired) electrons. The number of pyridine rings is 1. The van der Waals surface area contributed by atoms with Crippen molar-refractivity contribution in [2.75, 3.05) is 0 Å². The highest BCUT2D eigenvalue weighted by atomic mass is 32.1. The summed E-state index contributed by atoms with van der Waals surface area (Å²) >= 11 is 1.67. The predicted molar refractivity (Wildman–Crippen MR) is 94.4 cm³/mol. The van der Waals surface area contributed by atoms with E-state index in [2.05, 4.69) is 21.8 Å². The van der Waals surface area contributed by atoms with Gasteiger partial charge in [-0.2, -0.15) is 11.3 Å². The van der Waals surface area contributed by atoms with Crippen molar-refractivity contribution in [2.24, 2.45) is 0 Å². The third kappa shape index (κ3) is 2.76. The Morgan fingerprint density at radius 1 is 0.913 bits per heavy atom. The van der Waals surface area contributed by atoms with Crippen LogP contribution in [-0.4, -0.2) is 4.98 Å². The van der Waals surface area contributed by atoms with Gasteiger partial charge in [-0.1, -0.05) is 24.3 Å². The van der Waals surface area contributed by atoms with Crippen molar-refractivity contribution >= 4 is 22.2 Å². The third-order valence-electron chi connectivity index (χ3n) is 3.65. The molecular weight excluding hydrogens is 306 g/mol. The summed E-state index contributed by atoms with van der Waals surface area (Å²) in [6.07, 6.45) is 0. The van der Waals surface area contributed by atoms with E-state index in [0.717, 1.165) is 16.5 Å².